The minimum Gasteiger partial charge on any atom is -0.259 e. The molecule has 0 aliphatic rings. The van der Waals surface area contributed by atoms with E-state index in [-0.39, 0.29) is 15.3 Å². The van der Waals surface area contributed by atoms with E-state index in [0.29, 0.717) is 11.8 Å². The molecule has 0 aromatic rings. The number of hydrogen-bond acceptors (Lipinski definition) is 8. The van der Waals surface area contributed by atoms with Crippen LogP contribution in [0.5, 0.6) is 0 Å². The van der Waals surface area contributed by atoms with Crippen LogP contribution in [0.25, 0.3) is 0 Å². The Bertz CT molecular complexity index is 639. The van der Waals surface area contributed by atoms with Crippen molar-refractivity contribution in [3.05, 3.63) is 10.5 Å². The molecular formula is C11H4N6S2. The number of nitrogens with one attached hydrogen (secondary N) is 2. The van der Waals surface area contributed by atoms with Crippen LogP contribution in [-0.2, 0) is 0 Å². The molecule has 0 aliphatic carbocycles. The van der Waals surface area contributed by atoms with Crippen molar-refractivity contribution in [2.24, 2.45) is 5.92 Å². The zero-order chi connectivity index (χ0) is 14.8. The Labute approximate surface area is 118 Å². The topological polar surface area (TPSA) is 143 Å². The number of rotatable bonds is 5. The second-order valence-electron chi connectivity index (χ2n) is 2.79. The van der Waals surface area contributed by atoms with Crippen LogP contribution in [0.3, 0.4) is 0 Å². The molecule has 0 rings (SSSR count). The molecule has 0 radical (unpaired) electrons. The predicted octanol–water partition coefficient (Wildman–Crippen LogP) is 1.48. The van der Waals surface area contributed by atoms with Crippen molar-refractivity contribution in [2.75, 3.05) is 0 Å². The van der Waals surface area contributed by atoms with E-state index in [1.54, 1.807) is 24.3 Å². The Morgan fingerprint density at radius 1 is 1.00 bits per heavy atom. The number of thioether (sulfide) groups is 1. The van der Waals surface area contributed by atoms with E-state index in [4.69, 9.17) is 31.9 Å². The fourth-order valence-corrected chi connectivity index (χ4v) is 1.94. The highest BCUT2D eigenvalue weighted by atomic mass is 32.2. The fraction of sp³-hybridized carbons (Fsp3) is 0.182. The molecule has 1 atom stereocenters. The van der Waals surface area contributed by atoms with E-state index in [0.717, 1.165) is 0 Å². The monoisotopic (exact) mass is 284 g/mol. The van der Waals surface area contributed by atoms with Crippen molar-refractivity contribution in [1.29, 1.82) is 31.9 Å². The van der Waals surface area contributed by atoms with Crippen molar-refractivity contribution in [3.8, 4) is 24.3 Å². The average Bonchev–Trinajstić information content (AvgIpc) is 2.46. The third-order valence-corrected chi connectivity index (χ3v) is 3.33. The highest BCUT2D eigenvalue weighted by molar-refractivity contribution is 8.06. The highest BCUT2D eigenvalue weighted by Crippen LogP contribution is 2.28. The lowest BCUT2D eigenvalue weighted by Crippen LogP contribution is -2.14. The van der Waals surface area contributed by atoms with Gasteiger partial charge >= 0.3 is 0 Å². The fourth-order valence-electron chi connectivity index (χ4n) is 0.925. The summed E-state index contributed by atoms with van der Waals surface area (Å²) < 4.78 is 0. The lowest BCUT2D eigenvalue weighted by molar-refractivity contribution is 0.977. The number of nitrogens with zero attached hydrogens (tertiary/aromatic N) is 4. The van der Waals surface area contributed by atoms with E-state index in [2.05, 4.69) is 12.2 Å². The summed E-state index contributed by atoms with van der Waals surface area (Å²) in [6.45, 7) is 0. The van der Waals surface area contributed by atoms with E-state index in [1.165, 1.54) is 0 Å². The van der Waals surface area contributed by atoms with Crippen LogP contribution >= 0.6 is 24.0 Å². The van der Waals surface area contributed by atoms with Crippen molar-refractivity contribution < 1.29 is 0 Å². The Hall–Kier alpha value is -2.70. The lowest BCUT2D eigenvalue weighted by atomic mass is 10.0. The summed E-state index contributed by atoms with van der Waals surface area (Å²) in [4.78, 5) is -0.290. The standard InChI is InChI=1S/C11H4N6S2/c12-1-7(2-13)8(3-14)10(5-16)19-11(6-17)9(18)4-15/h7,10,14,17H. The van der Waals surface area contributed by atoms with Gasteiger partial charge in [-0.15, -0.1) is 0 Å². The van der Waals surface area contributed by atoms with Crippen LogP contribution in [0.15, 0.2) is 10.5 Å². The van der Waals surface area contributed by atoms with Crippen molar-refractivity contribution >= 4 is 40.6 Å². The van der Waals surface area contributed by atoms with Gasteiger partial charge in [-0.3, -0.25) is 10.8 Å². The van der Waals surface area contributed by atoms with Crippen LogP contribution in [0, 0.1) is 62.1 Å². The third kappa shape index (κ3) is 4.23. The molecule has 0 heterocycles. The normalized spacial score (nSPS) is 9.53. The molecule has 0 spiro atoms. The SMILES string of the molecule is N#CC(=S)C(=C=N)SC(C#N)C(=C=N)C(C#N)C#N. The number of hydrogen-bond donors (Lipinski definition) is 2. The molecule has 0 aromatic heterocycles. The van der Waals surface area contributed by atoms with Crippen LogP contribution < -0.4 is 0 Å². The first-order chi connectivity index (χ1) is 9.09. The first-order valence-corrected chi connectivity index (χ1v) is 5.77. The maximum Gasteiger partial charge on any atom is 0.165 e. The van der Waals surface area contributed by atoms with E-state index in [9.17, 15) is 0 Å². The van der Waals surface area contributed by atoms with Gasteiger partial charge in [0.2, 0.25) is 0 Å². The Morgan fingerprint density at radius 2 is 1.58 bits per heavy atom. The summed E-state index contributed by atoms with van der Waals surface area (Å²) in [5, 5.41) is 48.1. The van der Waals surface area contributed by atoms with Crippen LogP contribution in [0.2, 0.25) is 0 Å². The third-order valence-electron chi connectivity index (χ3n) is 1.77. The summed E-state index contributed by atoms with van der Waals surface area (Å²) >= 11 is 5.36. The minimum atomic E-state index is -1.29. The predicted molar refractivity (Wildman–Crippen MR) is 72.4 cm³/mol. The summed E-state index contributed by atoms with van der Waals surface area (Å²) in [6, 6.07) is 6.67. The number of thiocarbonyl (C=S) groups is 1. The zero-order valence-corrected chi connectivity index (χ0v) is 10.9. The summed E-state index contributed by atoms with van der Waals surface area (Å²) in [6.07, 6.45) is 0. The second kappa shape index (κ2) is 8.40. The summed E-state index contributed by atoms with van der Waals surface area (Å²) in [5.41, 5.74) is -0.147. The van der Waals surface area contributed by atoms with E-state index in [1.807, 2.05) is 11.7 Å². The Kier molecular flexibility index (Phi) is 7.21. The zero-order valence-electron chi connectivity index (χ0n) is 9.26. The van der Waals surface area contributed by atoms with Gasteiger partial charge in [0, 0.05) is 5.57 Å². The van der Waals surface area contributed by atoms with Gasteiger partial charge in [0.1, 0.15) is 16.2 Å². The maximum absolute atomic E-state index is 9.00. The molecule has 90 valence electrons. The van der Waals surface area contributed by atoms with Gasteiger partial charge in [0.15, 0.2) is 5.92 Å². The van der Waals surface area contributed by atoms with Crippen molar-refractivity contribution in [2.45, 2.75) is 5.25 Å². The quantitative estimate of drug-likeness (QED) is 0.444. The number of allylic oxidation sites excluding steroid dienone is 1. The molecule has 0 amide bonds. The van der Waals surface area contributed by atoms with E-state index >= 15 is 0 Å². The minimum absolute atomic E-state index is 0.0635. The molecule has 1 unspecified atom stereocenters. The van der Waals surface area contributed by atoms with Crippen LogP contribution in [0.1, 0.15) is 0 Å². The van der Waals surface area contributed by atoms with Crippen LogP contribution in [0.4, 0.5) is 0 Å². The molecule has 0 aromatic carbocycles. The molecule has 6 nitrogen and oxygen atoms in total. The number of nitriles is 4. The van der Waals surface area contributed by atoms with Gasteiger partial charge in [-0.25, -0.2) is 0 Å². The Balaban J connectivity index is 5.46. The van der Waals surface area contributed by atoms with Gasteiger partial charge in [-0.05, 0) is 11.7 Å². The summed E-state index contributed by atoms with van der Waals surface area (Å²) in [7, 11) is 0. The molecule has 0 bridgehead atoms. The largest absolute Gasteiger partial charge is 0.259 e. The highest BCUT2D eigenvalue weighted by Gasteiger charge is 2.26. The van der Waals surface area contributed by atoms with Gasteiger partial charge in [-0.1, -0.05) is 24.0 Å². The van der Waals surface area contributed by atoms with Crippen LogP contribution in [-0.4, -0.2) is 21.9 Å². The molecule has 0 saturated heterocycles. The smallest absolute Gasteiger partial charge is 0.165 e. The molecule has 0 aliphatic heterocycles. The van der Waals surface area contributed by atoms with Gasteiger partial charge < -0.3 is 0 Å². The Morgan fingerprint density at radius 3 is 1.89 bits per heavy atom. The molecule has 19 heavy (non-hydrogen) atoms. The first kappa shape index (κ1) is 16.3. The second-order valence-corrected chi connectivity index (χ2v) is 4.32. The van der Waals surface area contributed by atoms with Gasteiger partial charge in [-0.2, -0.15) is 21.0 Å². The van der Waals surface area contributed by atoms with Gasteiger partial charge in [0.05, 0.1) is 23.1 Å². The maximum atomic E-state index is 9.00. The average molecular weight is 284 g/mol. The van der Waals surface area contributed by atoms with E-state index < -0.39 is 11.2 Å². The van der Waals surface area contributed by atoms with Crippen molar-refractivity contribution in [1.82, 2.24) is 0 Å². The van der Waals surface area contributed by atoms with Gasteiger partial charge in [0.25, 0.3) is 0 Å². The molecule has 0 fully saturated rings. The lowest BCUT2D eigenvalue weighted by Gasteiger charge is -2.10. The first-order valence-electron chi connectivity index (χ1n) is 4.48. The molecular weight excluding hydrogens is 280 g/mol. The van der Waals surface area contributed by atoms with Crippen molar-refractivity contribution in [3.63, 3.8) is 0 Å². The summed E-state index contributed by atoms with van der Waals surface area (Å²) in [5.74, 6) is 2.52. The molecule has 8 heteroatoms. The molecule has 0 saturated carbocycles. The molecule has 2 N–H and O–H groups in total.